The topological polar surface area (TPSA) is 137 Å². The largest absolute Gasteiger partial charge is 0.312 e. The van der Waals surface area contributed by atoms with Gasteiger partial charge in [-0.05, 0) is 12.5 Å². The van der Waals surface area contributed by atoms with Gasteiger partial charge in [0, 0.05) is 31.1 Å². The summed E-state index contributed by atoms with van der Waals surface area (Å²) in [6.45, 7) is 1.70. The van der Waals surface area contributed by atoms with Crippen molar-refractivity contribution in [3.05, 3.63) is 27.9 Å². The molecule has 2 N–H and O–H groups in total. The smallest absolute Gasteiger partial charge is 0.291 e. The number of amides is 1. The van der Waals surface area contributed by atoms with Crippen LogP contribution in [0.1, 0.15) is 12.0 Å². The Balaban J connectivity index is 2.31. The van der Waals surface area contributed by atoms with Gasteiger partial charge in [0.1, 0.15) is 0 Å². The Labute approximate surface area is 121 Å². The highest BCUT2D eigenvalue weighted by molar-refractivity contribution is 7.89. The first kappa shape index (κ1) is 15.3. The molecule has 21 heavy (non-hydrogen) atoms. The third-order valence-corrected chi connectivity index (χ3v) is 4.05. The molecule has 1 unspecified atom stereocenters. The van der Waals surface area contributed by atoms with Crippen LogP contribution in [-0.2, 0) is 14.8 Å². The minimum atomic E-state index is -3.70. The van der Waals surface area contributed by atoms with Crippen molar-refractivity contribution in [2.24, 2.45) is 11.1 Å². The van der Waals surface area contributed by atoms with Crippen molar-refractivity contribution in [1.82, 2.24) is 4.98 Å². The van der Waals surface area contributed by atoms with Crippen LogP contribution in [0.3, 0.4) is 0 Å². The Morgan fingerprint density at radius 1 is 1.57 bits per heavy atom. The van der Waals surface area contributed by atoms with Crippen LogP contribution in [0.5, 0.6) is 0 Å². The molecule has 1 aliphatic heterocycles. The van der Waals surface area contributed by atoms with Crippen molar-refractivity contribution in [1.29, 1.82) is 0 Å². The summed E-state index contributed by atoms with van der Waals surface area (Å²) in [5.74, 6) is -1.29. The van der Waals surface area contributed by atoms with Crippen LogP contribution in [0, 0.1) is 23.0 Å². The van der Waals surface area contributed by atoms with Gasteiger partial charge < -0.3 is 0 Å². The van der Waals surface area contributed by atoms with Gasteiger partial charge in [-0.3, -0.25) is 19.8 Å². The van der Waals surface area contributed by atoms with Gasteiger partial charge in [0.05, 0.1) is 10.7 Å². The van der Waals surface area contributed by atoms with Crippen molar-refractivity contribution in [2.45, 2.75) is 13.3 Å². The summed E-state index contributed by atoms with van der Waals surface area (Å²) in [7, 11) is -3.70. The van der Waals surface area contributed by atoms with E-state index in [1.54, 1.807) is 6.92 Å². The van der Waals surface area contributed by atoms with E-state index in [1.807, 2.05) is 0 Å². The Morgan fingerprint density at radius 2 is 2.24 bits per heavy atom. The molecule has 2 rings (SSSR count). The maximum atomic E-state index is 12.0. The number of hydrogen-bond acceptors (Lipinski definition) is 6. The van der Waals surface area contributed by atoms with Crippen LogP contribution in [0.4, 0.5) is 11.5 Å². The molecular weight excluding hydrogens is 300 g/mol. The zero-order valence-electron chi connectivity index (χ0n) is 11.2. The van der Waals surface area contributed by atoms with E-state index in [4.69, 9.17) is 5.14 Å². The number of sulfonamides is 1. The number of primary sulfonamides is 1. The van der Waals surface area contributed by atoms with Gasteiger partial charge in [-0.2, -0.15) is 0 Å². The number of nitro groups is 1. The molecule has 0 aliphatic carbocycles. The molecule has 0 saturated carbocycles. The Morgan fingerprint density at radius 3 is 2.81 bits per heavy atom. The summed E-state index contributed by atoms with van der Waals surface area (Å²) in [4.78, 5) is 27.5. The van der Waals surface area contributed by atoms with Gasteiger partial charge in [-0.15, -0.1) is 0 Å². The maximum absolute atomic E-state index is 12.0. The van der Waals surface area contributed by atoms with Crippen LogP contribution < -0.4 is 10.0 Å². The fraction of sp³-hybridized carbons (Fsp3) is 0.455. The highest BCUT2D eigenvalue weighted by Gasteiger charge is 2.36. The summed E-state index contributed by atoms with van der Waals surface area (Å²) in [5.41, 5.74) is 0.317. The predicted octanol–water partition coefficient (Wildman–Crippen LogP) is -0.0604. The van der Waals surface area contributed by atoms with Gasteiger partial charge in [0.25, 0.3) is 0 Å². The van der Waals surface area contributed by atoms with E-state index in [-0.39, 0.29) is 30.2 Å². The molecule has 0 bridgehead atoms. The Kier molecular flexibility index (Phi) is 3.92. The summed E-state index contributed by atoms with van der Waals surface area (Å²) < 4.78 is 22.2. The molecule has 1 aromatic heterocycles. The van der Waals surface area contributed by atoms with Crippen LogP contribution in [0.15, 0.2) is 12.3 Å². The van der Waals surface area contributed by atoms with Crippen molar-refractivity contribution in [3.63, 3.8) is 0 Å². The third-order valence-electron chi connectivity index (χ3n) is 3.11. The summed E-state index contributed by atoms with van der Waals surface area (Å²) >= 11 is 0. The lowest BCUT2D eigenvalue weighted by atomic mass is 10.1. The van der Waals surface area contributed by atoms with Gasteiger partial charge in [0.15, 0.2) is 0 Å². The minimum Gasteiger partial charge on any atom is -0.291 e. The van der Waals surface area contributed by atoms with Crippen molar-refractivity contribution < 1.29 is 18.1 Å². The molecule has 1 aromatic rings. The fourth-order valence-electron chi connectivity index (χ4n) is 2.32. The third kappa shape index (κ3) is 3.52. The molecule has 1 amide bonds. The van der Waals surface area contributed by atoms with Gasteiger partial charge in [-0.25, -0.2) is 18.5 Å². The van der Waals surface area contributed by atoms with Crippen LogP contribution in [0.25, 0.3) is 0 Å². The van der Waals surface area contributed by atoms with E-state index in [1.165, 1.54) is 12.3 Å². The van der Waals surface area contributed by atoms with E-state index in [2.05, 4.69) is 4.98 Å². The van der Waals surface area contributed by atoms with E-state index >= 15 is 0 Å². The Bertz CT molecular complexity index is 703. The van der Waals surface area contributed by atoms with Crippen molar-refractivity contribution in [3.8, 4) is 0 Å². The monoisotopic (exact) mass is 314 g/mol. The first-order valence-electron chi connectivity index (χ1n) is 6.09. The van der Waals surface area contributed by atoms with E-state index in [0.29, 0.717) is 5.56 Å². The number of anilines is 1. The summed E-state index contributed by atoms with van der Waals surface area (Å²) in [6, 6.07) is 1.32. The average Bonchev–Trinajstić information content (AvgIpc) is 2.67. The number of hydrogen-bond donors (Lipinski definition) is 1. The number of aryl methyl sites for hydroxylation is 1. The van der Waals surface area contributed by atoms with Gasteiger partial charge >= 0.3 is 5.69 Å². The van der Waals surface area contributed by atoms with E-state index in [0.717, 1.165) is 4.90 Å². The number of nitrogens with two attached hydrogens (primary N) is 1. The molecule has 9 nitrogen and oxygen atoms in total. The molecule has 114 valence electrons. The van der Waals surface area contributed by atoms with E-state index in [9.17, 15) is 23.3 Å². The second-order valence-electron chi connectivity index (χ2n) is 5.02. The quantitative estimate of drug-likeness (QED) is 0.610. The molecule has 10 heteroatoms. The lowest BCUT2D eigenvalue weighted by Gasteiger charge is -2.15. The van der Waals surface area contributed by atoms with Gasteiger partial charge in [-0.1, -0.05) is 0 Å². The lowest BCUT2D eigenvalue weighted by molar-refractivity contribution is -0.384. The first-order chi connectivity index (χ1) is 9.67. The number of rotatable bonds is 4. The second-order valence-corrected chi connectivity index (χ2v) is 6.68. The number of nitrogens with zero attached hydrogens (tertiary/aromatic N) is 3. The molecule has 1 fully saturated rings. The van der Waals surface area contributed by atoms with Crippen molar-refractivity contribution in [2.75, 3.05) is 17.2 Å². The summed E-state index contributed by atoms with van der Waals surface area (Å²) in [6.07, 6.45) is 1.39. The average molecular weight is 314 g/mol. The van der Waals surface area contributed by atoms with E-state index < -0.39 is 26.8 Å². The summed E-state index contributed by atoms with van der Waals surface area (Å²) in [5, 5.41) is 16.0. The SMILES string of the molecule is Cc1cnc(N2CC(CS(N)(=O)=O)CC2=O)c([N+](=O)[O-])c1. The van der Waals surface area contributed by atoms with Crippen LogP contribution >= 0.6 is 0 Å². The minimum absolute atomic E-state index is 0.0247. The fourth-order valence-corrected chi connectivity index (χ4v) is 3.20. The van der Waals surface area contributed by atoms with Crippen molar-refractivity contribution >= 4 is 27.4 Å². The maximum Gasteiger partial charge on any atom is 0.312 e. The molecule has 0 spiro atoms. The molecule has 1 atom stereocenters. The normalized spacial score (nSPS) is 19.0. The molecular formula is C11H14N4O5S. The zero-order chi connectivity index (χ0) is 15.8. The number of aromatic nitrogens is 1. The standard InChI is InChI=1S/C11H14N4O5S/c1-7-2-9(15(17)18)11(13-4-7)14-5-8(3-10(14)16)6-21(12,19)20/h2,4,8H,3,5-6H2,1H3,(H2,12,19,20). The highest BCUT2D eigenvalue weighted by atomic mass is 32.2. The number of carbonyl (C=O) groups is 1. The zero-order valence-corrected chi connectivity index (χ0v) is 12.0. The molecule has 1 aliphatic rings. The number of carbonyl (C=O) groups excluding carboxylic acids is 1. The Hall–Kier alpha value is -2.07. The van der Waals surface area contributed by atoms with Crippen LogP contribution in [0.2, 0.25) is 0 Å². The number of pyridine rings is 1. The first-order valence-corrected chi connectivity index (χ1v) is 7.81. The second kappa shape index (κ2) is 5.37. The molecule has 0 aromatic carbocycles. The highest BCUT2D eigenvalue weighted by Crippen LogP contribution is 2.31. The molecule has 1 saturated heterocycles. The predicted molar refractivity (Wildman–Crippen MR) is 74.1 cm³/mol. The van der Waals surface area contributed by atoms with Gasteiger partial charge in [0.2, 0.25) is 21.7 Å². The van der Waals surface area contributed by atoms with Crippen LogP contribution in [-0.4, -0.2) is 36.5 Å². The molecule has 0 radical (unpaired) electrons. The molecule has 2 heterocycles. The lowest BCUT2D eigenvalue weighted by Crippen LogP contribution is -2.28.